The molecule has 86 valence electrons. The molecule has 1 aliphatic rings. The molecule has 0 bridgehead atoms. The lowest BCUT2D eigenvalue weighted by molar-refractivity contribution is 0.0953. The van der Waals surface area contributed by atoms with Gasteiger partial charge >= 0.3 is 0 Å². The van der Waals surface area contributed by atoms with Crippen LogP contribution in [0.25, 0.3) is 0 Å². The molecule has 1 aliphatic carbocycles. The van der Waals surface area contributed by atoms with E-state index in [0.717, 1.165) is 0 Å². The van der Waals surface area contributed by atoms with Gasteiger partial charge in [-0.15, -0.1) is 0 Å². The number of hydrazine groups is 1. The second-order valence-electron chi connectivity index (χ2n) is 4.43. The van der Waals surface area contributed by atoms with Gasteiger partial charge in [0.15, 0.2) is 0 Å². The van der Waals surface area contributed by atoms with Crippen molar-refractivity contribution in [2.75, 3.05) is 0 Å². The molecule has 0 atom stereocenters. The summed E-state index contributed by atoms with van der Waals surface area (Å²) in [6, 6.07) is 7.82. The number of carbonyl (C=O) groups is 1. The maximum atomic E-state index is 11.3. The van der Waals surface area contributed by atoms with Gasteiger partial charge in [-0.05, 0) is 36.5 Å². The molecule has 3 heteroatoms. The molecule has 16 heavy (non-hydrogen) atoms. The molecule has 1 fully saturated rings. The maximum absolute atomic E-state index is 11.3. The van der Waals surface area contributed by atoms with E-state index in [9.17, 15) is 4.79 Å². The Morgan fingerprint density at radius 3 is 2.31 bits per heavy atom. The normalized spacial score (nSPS) is 17.1. The number of hydrogen-bond acceptors (Lipinski definition) is 2. The number of amides is 1. The van der Waals surface area contributed by atoms with E-state index in [0.29, 0.717) is 11.5 Å². The van der Waals surface area contributed by atoms with Crippen LogP contribution in [-0.4, -0.2) is 5.91 Å². The van der Waals surface area contributed by atoms with E-state index in [4.69, 9.17) is 5.84 Å². The fourth-order valence-corrected chi connectivity index (χ4v) is 2.43. The molecule has 1 saturated carbocycles. The average Bonchev–Trinajstić information content (AvgIpc) is 2.39. The summed E-state index contributed by atoms with van der Waals surface area (Å²) in [5, 5.41) is 0. The van der Waals surface area contributed by atoms with Gasteiger partial charge in [0.25, 0.3) is 5.91 Å². The predicted molar refractivity (Wildman–Crippen MR) is 63.9 cm³/mol. The van der Waals surface area contributed by atoms with Crippen molar-refractivity contribution in [2.45, 2.75) is 38.0 Å². The molecular formula is C13H18N2O. The molecule has 0 spiro atoms. The Balaban J connectivity index is 2.09. The maximum Gasteiger partial charge on any atom is 0.265 e. The molecule has 0 aliphatic heterocycles. The largest absolute Gasteiger partial charge is 0.290 e. The Kier molecular flexibility index (Phi) is 3.57. The molecule has 2 rings (SSSR count). The summed E-state index contributed by atoms with van der Waals surface area (Å²) in [6.45, 7) is 0. The third kappa shape index (κ3) is 2.42. The number of carbonyl (C=O) groups excluding carboxylic acids is 1. The first-order valence-corrected chi connectivity index (χ1v) is 5.92. The van der Waals surface area contributed by atoms with Gasteiger partial charge in [0.05, 0.1) is 0 Å². The van der Waals surface area contributed by atoms with Crippen LogP contribution in [0.15, 0.2) is 24.3 Å². The van der Waals surface area contributed by atoms with Crippen LogP contribution in [0.3, 0.4) is 0 Å². The standard InChI is InChI=1S/C13H18N2O/c14-15-13(16)12-8-6-11(7-9-12)10-4-2-1-3-5-10/h6-10H,1-5,14H2,(H,15,16). The van der Waals surface area contributed by atoms with Crippen LogP contribution in [0.4, 0.5) is 0 Å². The van der Waals surface area contributed by atoms with Crippen molar-refractivity contribution in [1.82, 2.24) is 5.43 Å². The highest BCUT2D eigenvalue weighted by Crippen LogP contribution is 2.32. The van der Waals surface area contributed by atoms with Crippen molar-refractivity contribution in [3.8, 4) is 0 Å². The van der Waals surface area contributed by atoms with E-state index in [1.807, 2.05) is 12.1 Å². The van der Waals surface area contributed by atoms with Gasteiger partial charge in [-0.3, -0.25) is 10.2 Å². The van der Waals surface area contributed by atoms with Crippen molar-refractivity contribution in [2.24, 2.45) is 5.84 Å². The van der Waals surface area contributed by atoms with Crippen LogP contribution in [0.1, 0.15) is 53.9 Å². The van der Waals surface area contributed by atoms with E-state index < -0.39 is 0 Å². The quantitative estimate of drug-likeness (QED) is 0.455. The average molecular weight is 218 g/mol. The van der Waals surface area contributed by atoms with E-state index in [1.165, 1.54) is 37.7 Å². The van der Waals surface area contributed by atoms with Crippen LogP contribution >= 0.6 is 0 Å². The van der Waals surface area contributed by atoms with Crippen molar-refractivity contribution in [3.63, 3.8) is 0 Å². The zero-order valence-electron chi connectivity index (χ0n) is 9.41. The lowest BCUT2D eigenvalue weighted by Gasteiger charge is -2.21. The molecule has 0 radical (unpaired) electrons. The monoisotopic (exact) mass is 218 g/mol. The molecule has 3 N–H and O–H groups in total. The fraction of sp³-hybridized carbons (Fsp3) is 0.462. The van der Waals surface area contributed by atoms with Crippen molar-refractivity contribution >= 4 is 5.91 Å². The van der Waals surface area contributed by atoms with Crippen LogP contribution in [-0.2, 0) is 0 Å². The number of nitrogen functional groups attached to an aromatic ring is 1. The number of rotatable bonds is 2. The molecule has 0 saturated heterocycles. The Hall–Kier alpha value is -1.35. The van der Waals surface area contributed by atoms with Crippen molar-refractivity contribution < 1.29 is 4.79 Å². The molecular weight excluding hydrogens is 200 g/mol. The van der Waals surface area contributed by atoms with Crippen LogP contribution in [0.2, 0.25) is 0 Å². The summed E-state index contributed by atoms with van der Waals surface area (Å²) in [5.41, 5.74) is 4.12. The first-order chi connectivity index (χ1) is 7.81. The molecule has 0 aromatic heterocycles. The Bertz CT molecular complexity index is 353. The molecule has 0 heterocycles. The van der Waals surface area contributed by atoms with Gasteiger partial charge in [-0.1, -0.05) is 31.4 Å². The summed E-state index contributed by atoms with van der Waals surface area (Å²) in [4.78, 5) is 11.3. The fourth-order valence-electron chi connectivity index (χ4n) is 2.43. The van der Waals surface area contributed by atoms with Gasteiger partial charge in [-0.25, -0.2) is 5.84 Å². The third-order valence-electron chi connectivity index (χ3n) is 3.38. The van der Waals surface area contributed by atoms with Crippen molar-refractivity contribution in [1.29, 1.82) is 0 Å². The number of nitrogens with two attached hydrogens (primary N) is 1. The summed E-state index contributed by atoms with van der Waals surface area (Å²) in [7, 11) is 0. The molecule has 1 aromatic carbocycles. The first kappa shape index (κ1) is 11.1. The van der Waals surface area contributed by atoms with Gasteiger partial charge < -0.3 is 0 Å². The Labute approximate surface area is 96.0 Å². The minimum absolute atomic E-state index is 0.227. The first-order valence-electron chi connectivity index (χ1n) is 5.92. The highest BCUT2D eigenvalue weighted by molar-refractivity contribution is 5.93. The SMILES string of the molecule is NNC(=O)c1ccc(C2CCCCC2)cc1. The summed E-state index contributed by atoms with van der Waals surface area (Å²) < 4.78 is 0. The number of hydrogen-bond donors (Lipinski definition) is 2. The minimum atomic E-state index is -0.227. The van der Waals surface area contributed by atoms with E-state index >= 15 is 0 Å². The zero-order valence-corrected chi connectivity index (χ0v) is 9.41. The van der Waals surface area contributed by atoms with Crippen molar-refractivity contribution in [3.05, 3.63) is 35.4 Å². The predicted octanol–water partition coefficient (Wildman–Crippen LogP) is 2.34. The number of benzene rings is 1. The van der Waals surface area contributed by atoms with E-state index in [2.05, 4.69) is 17.6 Å². The number of nitrogens with one attached hydrogen (secondary N) is 1. The zero-order chi connectivity index (χ0) is 11.4. The van der Waals surface area contributed by atoms with Gasteiger partial charge in [0, 0.05) is 5.56 Å². The Morgan fingerprint density at radius 1 is 1.12 bits per heavy atom. The topological polar surface area (TPSA) is 55.1 Å². The second-order valence-corrected chi connectivity index (χ2v) is 4.43. The molecule has 1 amide bonds. The lowest BCUT2D eigenvalue weighted by atomic mass is 9.84. The second kappa shape index (κ2) is 5.12. The third-order valence-corrected chi connectivity index (χ3v) is 3.38. The molecule has 1 aromatic rings. The minimum Gasteiger partial charge on any atom is -0.290 e. The summed E-state index contributed by atoms with van der Waals surface area (Å²) in [6.07, 6.45) is 6.58. The molecule has 0 unspecified atom stereocenters. The van der Waals surface area contributed by atoms with Crippen LogP contribution < -0.4 is 11.3 Å². The van der Waals surface area contributed by atoms with E-state index in [-0.39, 0.29) is 5.91 Å². The molecule has 3 nitrogen and oxygen atoms in total. The highest BCUT2D eigenvalue weighted by atomic mass is 16.2. The lowest BCUT2D eigenvalue weighted by Crippen LogP contribution is -2.29. The summed E-state index contributed by atoms with van der Waals surface area (Å²) >= 11 is 0. The van der Waals surface area contributed by atoms with E-state index in [1.54, 1.807) is 0 Å². The summed E-state index contributed by atoms with van der Waals surface area (Å²) in [5.74, 6) is 5.54. The van der Waals surface area contributed by atoms with Crippen LogP contribution in [0.5, 0.6) is 0 Å². The highest BCUT2D eigenvalue weighted by Gasteiger charge is 2.15. The smallest absolute Gasteiger partial charge is 0.265 e. The Morgan fingerprint density at radius 2 is 1.75 bits per heavy atom. The van der Waals surface area contributed by atoms with Gasteiger partial charge in [0.2, 0.25) is 0 Å². The van der Waals surface area contributed by atoms with Gasteiger partial charge in [-0.2, -0.15) is 0 Å². The van der Waals surface area contributed by atoms with Crippen LogP contribution in [0, 0.1) is 0 Å². The van der Waals surface area contributed by atoms with Gasteiger partial charge in [0.1, 0.15) is 0 Å².